The highest BCUT2D eigenvalue weighted by Crippen LogP contribution is 2.26. The highest BCUT2D eigenvalue weighted by atomic mass is 35.5. The van der Waals surface area contributed by atoms with Crippen LogP contribution in [0.3, 0.4) is 0 Å². The molecule has 2 heterocycles. The van der Waals surface area contributed by atoms with E-state index in [9.17, 15) is 0 Å². The number of likely N-dealkylation sites (tertiary alicyclic amines) is 1. The second-order valence-electron chi connectivity index (χ2n) is 7.47. The van der Waals surface area contributed by atoms with Crippen molar-refractivity contribution in [3.05, 3.63) is 76.6 Å². The Bertz CT molecular complexity index is 882. The second-order valence-corrected chi connectivity index (χ2v) is 7.90. The van der Waals surface area contributed by atoms with Gasteiger partial charge in [-0.25, -0.2) is 4.99 Å². The number of piperidine rings is 1. The molecule has 0 radical (unpaired) electrons. The van der Waals surface area contributed by atoms with Crippen molar-refractivity contribution < 1.29 is 0 Å². The van der Waals surface area contributed by atoms with Gasteiger partial charge in [0.1, 0.15) is 11.7 Å². The van der Waals surface area contributed by atoms with Crippen molar-refractivity contribution in [3.8, 4) is 0 Å². The number of hydrogen-bond acceptors (Lipinski definition) is 5. The van der Waals surface area contributed by atoms with Crippen molar-refractivity contribution in [1.82, 2.24) is 10.2 Å². The van der Waals surface area contributed by atoms with E-state index < -0.39 is 5.79 Å². The largest absolute Gasteiger partial charge is 0.357 e. The van der Waals surface area contributed by atoms with Crippen LogP contribution in [0.5, 0.6) is 0 Å². The number of hydrogen-bond donors (Lipinski definition) is 3. The third-order valence-corrected chi connectivity index (χ3v) is 5.44. The van der Waals surface area contributed by atoms with E-state index in [-0.39, 0.29) is 0 Å². The van der Waals surface area contributed by atoms with Gasteiger partial charge in [-0.15, -0.1) is 0 Å². The van der Waals surface area contributed by atoms with Crippen LogP contribution in [0, 0.1) is 6.92 Å². The molecule has 28 heavy (non-hydrogen) atoms. The van der Waals surface area contributed by atoms with Gasteiger partial charge in [-0.3, -0.25) is 5.73 Å². The summed E-state index contributed by atoms with van der Waals surface area (Å²) in [5.41, 5.74) is 9.84. The maximum absolute atomic E-state index is 6.75. The number of anilines is 1. The van der Waals surface area contributed by atoms with Gasteiger partial charge in [0.2, 0.25) is 5.79 Å². The molecular formula is C22H26ClN5. The van der Waals surface area contributed by atoms with E-state index in [2.05, 4.69) is 46.7 Å². The lowest BCUT2D eigenvalue weighted by Crippen LogP contribution is -2.54. The molecule has 0 aliphatic carbocycles. The van der Waals surface area contributed by atoms with Gasteiger partial charge < -0.3 is 15.5 Å². The standard InChI is InChI=1S/C22H26ClN5/c1-16-5-11-19(12-6-16)25-20-15-21(28-13-3-2-4-14-28)27-22(24,26-20)17-7-9-18(23)10-8-17/h5-12,15,25-26H,2-4,13-14,24H2,1H3. The van der Waals surface area contributed by atoms with Gasteiger partial charge in [-0.05, 0) is 50.5 Å². The quantitative estimate of drug-likeness (QED) is 0.730. The first-order chi connectivity index (χ1) is 13.5. The fourth-order valence-electron chi connectivity index (χ4n) is 3.60. The molecule has 0 amide bonds. The van der Waals surface area contributed by atoms with Gasteiger partial charge in [0.25, 0.3) is 0 Å². The Balaban J connectivity index is 1.67. The summed E-state index contributed by atoms with van der Waals surface area (Å²) in [4.78, 5) is 7.21. The number of amidine groups is 1. The zero-order valence-electron chi connectivity index (χ0n) is 16.1. The summed E-state index contributed by atoms with van der Waals surface area (Å²) < 4.78 is 0. The van der Waals surface area contributed by atoms with Crippen LogP contribution < -0.4 is 16.4 Å². The third-order valence-electron chi connectivity index (χ3n) is 5.18. The van der Waals surface area contributed by atoms with Crippen molar-refractivity contribution in [2.45, 2.75) is 32.0 Å². The summed E-state index contributed by atoms with van der Waals surface area (Å²) in [6, 6.07) is 15.8. The Morgan fingerprint density at radius 3 is 2.39 bits per heavy atom. The molecule has 2 aromatic rings. The molecule has 2 aromatic carbocycles. The van der Waals surface area contributed by atoms with Crippen LogP contribution in [0.2, 0.25) is 5.02 Å². The lowest BCUT2D eigenvalue weighted by Gasteiger charge is -2.37. The lowest BCUT2D eigenvalue weighted by molar-refractivity contribution is 0.324. The van der Waals surface area contributed by atoms with Gasteiger partial charge in [0.15, 0.2) is 0 Å². The Morgan fingerprint density at radius 2 is 1.71 bits per heavy atom. The molecule has 1 saturated heterocycles. The number of nitrogens with zero attached hydrogens (tertiary/aromatic N) is 2. The van der Waals surface area contributed by atoms with E-state index in [4.69, 9.17) is 22.3 Å². The molecule has 0 bridgehead atoms. The normalized spacial score (nSPS) is 22.2. The lowest BCUT2D eigenvalue weighted by atomic mass is 10.1. The van der Waals surface area contributed by atoms with Crippen LogP contribution in [0.1, 0.15) is 30.4 Å². The number of aryl methyl sites for hydroxylation is 1. The molecular weight excluding hydrogens is 370 g/mol. The maximum atomic E-state index is 6.75. The molecule has 4 N–H and O–H groups in total. The minimum atomic E-state index is -1.06. The van der Waals surface area contributed by atoms with E-state index >= 15 is 0 Å². The molecule has 1 fully saturated rings. The number of rotatable bonds is 3. The van der Waals surface area contributed by atoms with Gasteiger partial charge in [-0.2, -0.15) is 0 Å². The highest BCUT2D eigenvalue weighted by Gasteiger charge is 2.32. The first kappa shape index (κ1) is 18.8. The predicted molar refractivity (Wildman–Crippen MR) is 116 cm³/mol. The van der Waals surface area contributed by atoms with Crippen LogP contribution in [-0.2, 0) is 5.79 Å². The van der Waals surface area contributed by atoms with E-state index in [1.165, 1.54) is 24.8 Å². The summed E-state index contributed by atoms with van der Waals surface area (Å²) >= 11 is 6.07. The van der Waals surface area contributed by atoms with Gasteiger partial charge in [0, 0.05) is 35.4 Å². The molecule has 2 aliphatic heterocycles. The predicted octanol–water partition coefficient (Wildman–Crippen LogP) is 4.16. The number of nitrogens with one attached hydrogen (secondary N) is 2. The average molecular weight is 396 g/mol. The smallest absolute Gasteiger partial charge is 0.212 e. The van der Waals surface area contributed by atoms with Crippen LogP contribution in [0.15, 0.2) is 65.4 Å². The van der Waals surface area contributed by atoms with Crippen molar-refractivity contribution in [1.29, 1.82) is 0 Å². The summed E-state index contributed by atoms with van der Waals surface area (Å²) in [7, 11) is 0. The topological polar surface area (TPSA) is 65.7 Å². The van der Waals surface area contributed by atoms with Crippen LogP contribution >= 0.6 is 11.6 Å². The van der Waals surface area contributed by atoms with E-state index in [0.717, 1.165) is 36.0 Å². The minimum Gasteiger partial charge on any atom is -0.357 e. The first-order valence-corrected chi connectivity index (χ1v) is 10.1. The molecule has 4 rings (SSSR count). The molecule has 5 nitrogen and oxygen atoms in total. The maximum Gasteiger partial charge on any atom is 0.212 e. The summed E-state index contributed by atoms with van der Waals surface area (Å²) in [6.45, 7) is 4.09. The molecule has 6 heteroatoms. The first-order valence-electron chi connectivity index (χ1n) is 9.75. The Labute approximate surface area is 171 Å². The van der Waals surface area contributed by atoms with E-state index in [1.807, 2.05) is 30.3 Å². The van der Waals surface area contributed by atoms with E-state index in [1.54, 1.807) is 0 Å². The van der Waals surface area contributed by atoms with E-state index in [0.29, 0.717) is 5.02 Å². The number of halogens is 1. The zero-order chi connectivity index (χ0) is 19.6. The number of benzene rings is 2. The van der Waals surface area contributed by atoms with Gasteiger partial charge in [0.05, 0.1) is 0 Å². The highest BCUT2D eigenvalue weighted by molar-refractivity contribution is 6.30. The zero-order valence-corrected chi connectivity index (χ0v) is 16.8. The molecule has 1 atom stereocenters. The Kier molecular flexibility index (Phi) is 5.29. The summed E-state index contributed by atoms with van der Waals surface area (Å²) in [5.74, 6) is 0.682. The molecule has 146 valence electrons. The van der Waals surface area contributed by atoms with Crippen molar-refractivity contribution in [2.75, 3.05) is 18.4 Å². The van der Waals surface area contributed by atoms with Gasteiger partial charge in [-0.1, -0.05) is 41.4 Å². The molecule has 0 spiro atoms. The average Bonchev–Trinajstić information content (AvgIpc) is 2.70. The van der Waals surface area contributed by atoms with Crippen molar-refractivity contribution in [3.63, 3.8) is 0 Å². The van der Waals surface area contributed by atoms with Gasteiger partial charge >= 0.3 is 0 Å². The van der Waals surface area contributed by atoms with Crippen molar-refractivity contribution >= 4 is 23.1 Å². The Morgan fingerprint density at radius 1 is 1.04 bits per heavy atom. The van der Waals surface area contributed by atoms with Crippen LogP contribution in [-0.4, -0.2) is 23.8 Å². The molecule has 1 unspecified atom stereocenters. The minimum absolute atomic E-state index is 0.678. The molecule has 0 aromatic heterocycles. The number of aliphatic imine (C=N–C) groups is 1. The molecule has 2 aliphatic rings. The third kappa shape index (κ3) is 4.16. The Hall–Kier alpha value is -2.50. The second kappa shape index (κ2) is 7.86. The summed E-state index contributed by atoms with van der Waals surface area (Å²) in [6.07, 6.45) is 5.68. The number of nitrogens with two attached hydrogens (primary N) is 1. The van der Waals surface area contributed by atoms with Crippen LogP contribution in [0.4, 0.5) is 5.69 Å². The van der Waals surface area contributed by atoms with Crippen LogP contribution in [0.25, 0.3) is 0 Å². The molecule has 0 saturated carbocycles. The monoisotopic (exact) mass is 395 g/mol. The SMILES string of the molecule is Cc1ccc(NC2=CC(N3CCCCC3)=NC(N)(c3ccc(Cl)cc3)N2)cc1. The fourth-order valence-corrected chi connectivity index (χ4v) is 3.72. The summed E-state index contributed by atoms with van der Waals surface area (Å²) in [5, 5.41) is 7.50. The van der Waals surface area contributed by atoms with Crippen molar-refractivity contribution in [2.24, 2.45) is 10.7 Å². The fraction of sp³-hybridized carbons (Fsp3) is 0.318.